The summed E-state index contributed by atoms with van der Waals surface area (Å²) in [4.78, 5) is 19.3. The molecule has 0 aliphatic heterocycles. The molecule has 0 aliphatic carbocycles. The van der Waals surface area contributed by atoms with Crippen molar-refractivity contribution in [2.45, 2.75) is 30.5 Å². The van der Waals surface area contributed by atoms with Crippen LogP contribution < -0.4 is 9.80 Å². The number of anilines is 2. The molecule has 0 radical (unpaired) electrons. The molecule has 0 bridgehead atoms. The fourth-order valence-electron chi connectivity index (χ4n) is 8.33. The van der Waals surface area contributed by atoms with Gasteiger partial charge in [0.05, 0.1) is 11.0 Å². The van der Waals surface area contributed by atoms with Crippen LogP contribution in [0.4, 0.5) is 11.6 Å². The summed E-state index contributed by atoms with van der Waals surface area (Å²) < 4.78 is 0.940. The summed E-state index contributed by atoms with van der Waals surface area (Å²) in [5, 5.41) is 28.3. The first-order valence-corrected chi connectivity index (χ1v) is 23.7. The van der Waals surface area contributed by atoms with Gasteiger partial charge in [-0.15, -0.1) is 11.3 Å². The number of benzene rings is 5. The lowest BCUT2D eigenvalue weighted by Gasteiger charge is -2.31. The van der Waals surface area contributed by atoms with E-state index in [1.54, 1.807) is 11.3 Å². The van der Waals surface area contributed by atoms with Crippen molar-refractivity contribution in [2.75, 3.05) is 79.3 Å². The number of aromatic nitrogens is 2. The van der Waals surface area contributed by atoms with Gasteiger partial charge in [0.1, 0.15) is 22.8 Å². The quantitative estimate of drug-likeness (QED) is 0.105. The molecule has 5 aromatic carbocycles. The number of fused-ring (bicyclic) bond motifs is 2. The minimum atomic E-state index is -1.13. The number of halogens is 1. The molecule has 0 amide bonds. The highest BCUT2D eigenvalue weighted by molar-refractivity contribution is 9.10. The van der Waals surface area contributed by atoms with E-state index < -0.39 is 11.2 Å². The lowest BCUT2D eigenvalue weighted by atomic mass is 9.82. The number of hydrogen-bond donors (Lipinski definition) is 2. The number of thiophene rings is 1. The van der Waals surface area contributed by atoms with E-state index in [2.05, 4.69) is 103 Å². The Bertz CT molecular complexity index is 2800. The Balaban J connectivity index is 0.000000194. The van der Waals surface area contributed by atoms with Crippen molar-refractivity contribution in [1.82, 2.24) is 19.8 Å². The van der Waals surface area contributed by atoms with Crippen molar-refractivity contribution in [3.63, 3.8) is 0 Å². The molecule has 0 fully saturated rings. The molecule has 2 atom stereocenters. The maximum atomic E-state index is 12.2. The van der Waals surface area contributed by atoms with E-state index in [-0.39, 0.29) is 0 Å². The SMILES string of the molecule is CN(C)CCC(O)(c1ccccc1)c1ccc2nc(N(C)C)cc(-c3ccccc3)c2c1.CN(C)CCC(O)(c1cccs1)c1cc(Br)cc2cc(Cc3ccccc3)c(N(C)C)nc12. The molecule has 2 N–H and O–H groups in total. The molecule has 2 unspecified atom stereocenters. The Labute approximate surface area is 397 Å². The largest absolute Gasteiger partial charge is 0.380 e. The van der Waals surface area contributed by atoms with Gasteiger partial charge in [0.15, 0.2) is 0 Å². The standard InChI is InChI=1S/C28H31N3O.C27H30BrN3OS/c1-30(2)18-17-28(32,22-13-9-6-10-14-22)23-15-16-26-25(19-23)24(20-27(29-26)31(3)4)21-11-7-5-8-12-21;1-30(2)13-12-27(32,24-11-8-14-33-24)23-18-22(28)17-20-16-21(15-19-9-6-5-7-10-19)26(31(3)4)29-25(20)23/h5-16,19-20,32H,17-18H2,1-4H3;5-11,14,16-18,32H,12-13,15H2,1-4H3. The molecule has 3 heterocycles. The topological polar surface area (TPSA) is 79.2 Å². The van der Waals surface area contributed by atoms with Crippen molar-refractivity contribution < 1.29 is 10.2 Å². The number of nitrogens with zero attached hydrogens (tertiary/aromatic N) is 6. The summed E-state index contributed by atoms with van der Waals surface area (Å²) in [6.45, 7) is 1.53. The third kappa shape index (κ3) is 11.0. The van der Waals surface area contributed by atoms with Crippen LogP contribution in [0.15, 0.2) is 155 Å². The van der Waals surface area contributed by atoms with Crippen LogP contribution in [-0.4, -0.2) is 99.5 Å². The zero-order valence-electron chi connectivity index (χ0n) is 38.8. The Morgan fingerprint density at radius 3 is 1.83 bits per heavy atom. The van der Waals surface area contributed by atoms with Gasteiger partial charge in [-0.1, -0.05) is 119 Å². The number of aliphatic hydroxyl groups is 2. The third-order valence-corrected chi connectivity index (χ3v) is 13.4. The van der Waals surface area contributed by atoms with Gasteiger partial charge in [0.2, 0.25) is 0 Å². The maximum absolute atomic E-state index is 12.2. The molecule has 0 spiro atoms. The second kappa shape index (κ2) is 20.8. The molecule has 65 heavy (non-hydrogen) atoms. The molecule has 8 nitrogen and oxygen atoms in total. The minimum Gasteiger partial charge on any atom is -0.380 e. The van der Waals surface area contributed by atoms with Crippen LogP contribution >= 0.6 is 27.3 Å². The third-order valence-electron chi connectivity index (χ3n) is 11.9. The monoisotopic (exact) mass is 948 g/mol. The Kier molecular flexibility index (Phi) is 15.2. The fourth-order valence-corrected chi connectivity index (χ4v) is 9.68. The van der Waals surface area contributed by atoms with Gasteiger partial charge in [-0.2, -0.15) is 0 Å². The van der Waals surface area contributed by atoms with Crippen LogP contribution in [0.5, 0.6) is 0 Å². The van der Waals surface area contributed by atoms with Crippen molar-refractivity contribution >= 4 is 60.7 Å². The molecular formula is C55H61BrN6O2S. The molecule has 10 heteroatoms. The van der Waals surface area contributed by atoms with Gasteiger partial charge in [0.25, 0.3) is 0 Å². The molecule has 8 aromatic rings. The van der Waals surface area contributed by atoms with E-state index in [0.29, 0.717) is 12.8 Å². The van der Waals surface area contributed by atoms with E-state index in [4.69, 9.17) is 9.97 Å². The molecule has 336 valence electrons. The summed E-state index contributed by atoms with van der Waals surface area (Å²) in [6, 6.07) is 49.5. The normalized spacial score (nSPS) is 13.4. The van der Waals surface area contributed by atoms with Gasteiger partial charge in [-0.05, 0) is 122 Å². The average Bonchev–Trinajstić information content (AvgIpc) is 3.86. The highest BCUT2D eigenvalue weighted by atomic mass is 79.9. The zero-order chi connectivity index (χ0) is 46.3. The molecule has 0 saturated heterocycles. The van der Waals surface area contributed by atoms with E-state index in [1.165, 1.54) is 5.56 Å². The van der Waals surface area contributed by atoms with Crippen molar-refractivity contribution in [3.05, 3.63) is 188 Å². The van der Waals surface area contributed by atoms with E-state index in [9.17, 15) is 10.2 Å². The van der Waals surface area contributed by atoms with Crippen LogP contribution in [0.2, 0.25) is 0 Å². The average molecular weight is 950 g/mol. The van der Waals surface area contributed by atoms with Crippen LogP contribution in [0.3, 0.4) is 0 Å². The fraction of sp³-hybridized carbons (Fsp3) is 0.273. The number of pyridine rings is 2. The van der Waals surface area contributed by atoms with Gasteiger partial charge >= 0.3 is 0 Å². The van der Waals surface area contributed by atoms with Crippen LogP contribution in [-0.2, 0) is 17.6 Å². The maximum Gasteiger partial charge on any atom is 0.132 e. The summed E-state index contributed by atoms with van der Waals surface area (Å²) in [5.41, 5.74) is 6.83. The smallest absolute Gasteiger partial charge is 0.132 e. The highest BCUT2D eigenvalue weighted by Crippen LogP contribution is 2.42. The molecule has 8 rings (SSSR count). The predicted molar refractivity (Wildman–Crippen MR) is 278 cm³/mol. The number of hydrogen-bond acceptors (Lipinski definition) is 9. The Morgan fingerprint density at radius 2 is 1.23 bits per heavy atom. The molecule has 0 saturated carbocycles. The zero-order valence-corrected chi connectivity index (χ0v) is 41.2. The second-order valence-corrected chi connectivity index (χ2v) is 19.6. The van der Waals surface area contributed by atoms with E-state index in [0.717, 1.165) is 95.7 Å². The van der Waals surface area contributed by atoms with Crippen LogP contribution in [0.1, 0.15) is 45.5 Å². The van der Waals surface area contributed by atoms with Crippen molar-refractivity contribution in [3.8, 4) is 11.1 Å². The Morgan fingerprint density at radius 1 is 0.600 bits per heavy atom. The van der Waals surface area contributed by atoms with Gasteiger partial charge in [-0.3, -0.25) is 0 Å². The van der Waals surface area contributed by atoms with Gasteiger partial charge in [-0.25, -0.2) is 9.97 Å². The summed E-state index contributed by atoms with van der Waals surface area (Å²) in [7, 11) is 16.2. The first kappa shape index (κ1) is 47.5. The second-order valence-electron chi connectivity index (χ2n) is 17.7. The van der Waals surface area contributed by atoms with Crippen LogP contribution in [0.25, 0.3) is 32.9 Å². The van der Waals surface area contributed by atoms with E-state index in [1.807, 2.05) is 139 Å². The molecular weight excluding hydrogens is 889 g/mol. The van der Waals surface area contributed by atoms with Crippen LogP contribution in [0, 0.1) is 0 Å². The summed E-state index contributed by atoms with van der Waals surface area (Å²) in [6.07, 6.45) is 1.98. The lowest BCUT2D eigenvalue weighted by Crippen LogP contribution is -2.31. The first-order chi connectivity index (χ1) is 31.2. The number of rotatable bonds is 15. The van der Waals surface area contributed by atoms with Crippen molar-refractivity contribution in [2.24, 2.45) is 0 Å². The Hall–Kier alpha value is -5.46. The minimum absolute atomic E-state index is 0.580. The predicted octanol–water partition coefficient (Wildman–Crippen LogP) is 11.1. The summed E-state index contributed by atoms with van der Waals surface area (Å²) in [5.74, 6) is 1.84. The molecule has 0 aliphatic rings. The van der Waals surface area contributed by atoms with E-state index >= 15 is 0 Å². The summed E-state index contributed by atoms with van der Waals surface area (Å²) >= 11 is 5.29. The first-order valence-electron chi connectivity index (χ1n) is 22.0. The van der Waals surface area contributed by atoms with Crippen molar-refractivity contribution in [1.29, 1.82) is 0 Å². The highest BCUT2D eigenvalue weighted by Gasteiger charge is 2.36. The molecule has 3 aromatic heterocycles. The lowest BCUT2D eigenvalue weighted by molar-refractivity contribution is 0.0630. The van der Waals surface area contributed by atoms with Gasteiger partial charge in [0, 0.05) is 73.4 Å². The van der Waals surface area contributed by atoms with Gasteiger partial charge < -0.3 is 29.8 Å².